The predicted molar refractivity (Wildman–Crippen MR) is 81.9 cm³/mol. The Morgan fingerprint density at radius 3 is 2.20 bits per heavy atom. The van der Waals surface area contributed by atoms with Gasteiger partial charge in [0.1, 0.15) is 0 Å². The zero-order valence-corrected chi connectivity index (χ0v) is 14.2. The molecule has 20 heavy (non-hydrogen) atoms. The highest BCUT2D eigenvalue weighted by Gasteiger charge is 2.24. The molecule has 1 aromatic rings. The minimum Gasteiger partial charge on any atom is -0.342 e. The van der Waals surface area contributed by atoms with Gasteiger partial charge < -0.3 is 4.90 Å². The van der Waals surface area contributed by atoms with Crippen molar-refractivity contribution in [1.29, 1.82) is 0 Å². The maximum atomic E-state index is 12.2. The van der Waals surface area contributed by atoms with E-state index in [9.17, 15) is 13.2 Å². The van der Waals surface area contributed by atoms with Crippen LogP contribution in [0.1, 0.15) is 20.8 Å². The van der Waals surface area contributed by atoms with Crippen molar-refractivity contribution in [3.8, 4) is 0 Å². The van der Waals surface area contributed by atoms with Crippen molar-refractivity contribution in [2.45, 2.75) is 31.7 Å². The highest BCUT2D eigenvalue weighted by molar-refractivity contribution is 9.10. The van der Waals surface area contributed by atoms with Gasteiger partial charge in [-0.1, -0.05) is 15.9 Å². The van der Waals surface area contributed by atoms with Crippen LogP contribution in [0.5, 0.6) is 0 Å². The van der Waals surface area contributed by atoms with Crippen molar-refractivity contribution in [3.63, 3.8) is 0 Å². The van der Waals surface area contributed by atoms with E-state index in [1.807, 2.05) is 13.8 Å². The molecule has 1 N–H and O–H groups in total. The molecule has 0 fully saturated rings. The van der Waals surface area contributed by atoms with Crippen LogP contribution in [0.15, 0.2) is 33.6 Å². The van der Waals surface area contributed by atoms with Crippen molar-refractivity contribution < 1.29 is 13.2 Å². The van der Waals surface area contributed by atoms with E-state index >= 15 is 0 Å². The van der Waals surface area contributed by atoms with Crippen LogP contribution in [-0.4, -0.2) is 38.4 Å². The number of likely N-dealkylation sites (N-methyl/N-ethyl adjacent to an activating group) is 1. The molecule has 0 bridgehead atoms. The second-order valence-electron chi connectivity index (χ2n) is 4.31. The van der Waals surface area contributed by atoms with Gasteiger partial charge in [0, 0.05) is 17.6 Å². The number of carbonyl (C=O) groups excluding carboxylic acids is 1. The summed E-state index contributed by atoms with van der Waals surface area (Å²) in [6.07, 6.45) is 0. The molecule has 0 saturated carbocycles. The first kappa shape index (κ1) is 17.1. The van der Waals surface area contributed by atoms with Gasteiger partial charge in [-0.25, -0.2) is 8.42 Å². The third-order valence-corrected chi connectivity index (χ3v) is 4.99. The van der Waals surface area contributed by atoms with Gasteiger partial charge in [-0.3, -0.25) is 4.79 Å². The Morgan fingerprint density at radius 1 is 1.25 bits per heavy atom. The molecule has 112 valence electrons. The summed E-state index contributed by atoms with van der Waals surface area (Å²) in [7, 11) is -3.69. The molecule has 0 spiro atoms. The summed E-state index contributed by atoms with van der Waals surface area (Å²) in [6.45, 7) is 6.38. The van der Waals surface area contributed by atoms with Crippen LogP contribution >= 0.6 is 15.9 Å². The zero-order valence-electron chi connectivity index (χ0n) is 11.8. The topological polar surface area (TPSA) is 66.5 Å². The quantitative estimate of drug-likeness (QED) is 0.841. The number of nitrogens with one attached hydrogen (secondary N) is 1. The lowest BCUT2D eigenvalue weighted by Crippen LogP contribution is -2.46. The van der Waals surface area contributed by atoms with Crippen LogP contribution in [0.4, 0.5) is 0 Å². The monoisotopic (exact) mass is 362 g/mol. The van der Waals surface area contributed by atoms with E-state index < -0.39 is 16.1 Å². The van der Waals surface area contributed by atoms with Crippen LogP contribution in [0.2, 0.25) is 0 Å². The highest BCUT2D eigenvalue weighted by atomic mass is 79.9. The molecule has 0 saturated heterocycles. The largest absolute Gasteiger partial charge is 0.342 e. The molecule has 1 rings (SSSR count). The lowest BCUT2D eigenvalue weighted by molar-refractivity contribution is -0.132. The lowest BCUT2D eigenvalue weighted by Gasteiger charge is -2.23. The van der Waals surface area contributed by atoms with E-state index in [0.29, 0.717) is 13.1 Å². The summed E-state index contributed by atoms with van der Waals surface area (Å²) in [5.74, 6) is -0.226. The average Bonchev–Trinajstić information content (AvgIpc) is 2.40. The number of amides is 1. The molecule has 0 aliphatic heterocycles. The van der Waals surface area contributed by atoms with Crippen LogP contribution < -0.4 is 4.72 Å². The number of sulfonamides is 1. The Labute approximate surface area is 128 Å². The SMILES string of the molecule is CCN(CC)C(=O)[C@H](C)NS(=O)(=O)c1ccc(Br)cc1. The van der Waals surface area contributed by atoms with E-state index in [1.165, 1.54) is 12.1 Å². The number of hydrogen-bond donors (Lipinski definition) is 1. The van der Waals surface area contributed by atoms with Gasteiger partial charge in [0.2, 0.25) is 15.9 Å². The predicted octanol–water partition coefficient (Wildman–Crippen LogP) is 1.98. The van der Waals surface area contributed by atoms with Crippen LogP contribution in [0.3, 0.4) is 0 Å². The van der Waals surface area contributed by atoms with E-state index in [0.717, 1.165) is 4.47 Å². The minimum atomic E-state index is -3.69. The molecule has 1 atom stereocenters. The van der Waals surface area contributed by atoms with E-state index in [4.69, 9.17) is 0 Å². The summed E-state index contributed by atoms with van der Waals surface area (Å²) < 4.78 is 27.5. The van der Waals surface area contributed by atoms with Crippen molar-refractivity contribution in [2.24, 2.45) is 0 Å². The fourth-order valence-corrected chi connectivity index (χ4v) is 3.24. The maximum Gasteiger partial charge on any atom is 0.241 e. The second kappa shape index (κ2) is 7.19. The number of carbonyl (C=O) groups is 1. The van der Waals surface area contributed by atoms with Gasteiger partial charge in [-0.2, -0.15) is 4.72 Å². The number of benzene rings is 1. The number of halogens is 1. The molecule has 0 radical (unpaired) electrons. The van der Waals surface area contributed by atoms with E-state index in [-0.39, 0.29) is 10.8 Å². The fraction of sp³-hybridized carbons (Fsp3) is 0.462. The molecule has 0 aliphatic rings. The summed E-state index contributed by atoms with van der Waals surface area (Å²) in [4.78, 5) is 13.8. The van der Waals surface area contributed by atoms with E-state index in [2.05, 4.69) is 20.7 Å². The lowest BCUT2D eigenvalue weighted by atomic mass is 10.3. The average molecular weight is 363 g/mol. The Hall–Kier alpha value is -0.920. The second-order valence-corrected chi connectivity index (χ2v) is 6.94. The van der Waals surface area contributed by atoms with Crippen LogP contribution in [0.25, 0.3) is 0 Å². The standard InChI is InChI=1S/C13H19BrN2O3S/c1-4-16(5-2)13(17)10(3)15-20(18,19)12-8-6-11(14)7-9-12/h6-10,15H,4-5H2,1-3H3/t10-/m0/s1. The van der Waals surface area contributed by atoms with Crippen molar-refractivity contribution >= 4 is 31.9 Å². The normalized spacial score (nSPS) is 13.0. The van der Waals surface area contributed by atoms with Crippen LogP contribution in [0, 0.1) is 0 Å². The van der Waals surface area contributed by atoms with Crippen molar-refractivity contribution in [2.75, 3.05) is 13.1 Å². The minimum absolute atomic E-state index is 0.139. The first-order valence-electron chi connectivity index (χ1n) is 6.38. The molecule has 1 aromatic carbocycles. The smallest absolute Gasteiger partial charge is 0.241 e. The molecule has 0 unspecified atom stereocenters. The number of rotatable bonds is 6. The fourth-order valence-electron chi connectivity index (χ4n) is 1.77. The summed E-state index contributed by atoms with van der Waals surface area (Å²) in [5, 5.41) is 0. The van der Waals surface area contributed by atoms with Gasteiger partial charge >= 0.3 is 0 Å². The van der Waals surface area contributed by atoms with Gasteiger partial charge in [-0.05, 0) is 45.0 Å². The zero-order chi connectivity index (χ0) is 15.3. The number of nitrogens with zero attached hydrogens (tertiary/aromatic N) is 1. The van der Waals surface area contributed by atoms with Crippen LogP contribution in [-0.2, 0) is 14.8 Å². The summed E-state index contributed by atoms with van der Waals surface area (Å²) in [5.41, 5.74) is 0. The third kappa shape index (κ3) is 4.29. The Bertz CT molecular complexity index is 553. The molecule has 0 aromatic heterocycles. The first-order chi connectivity index (χ1) is 9.31. The molecule has 5 nitrogen and oxygen atoms in total. The number of hydrogen-bond acceptors (Lipinski definition) is 3. The van der Waals surface area contributed by atoms with Gasteiger partial charge in [0.15, 0.2) is 0 Å². The third-order valence-electron chi connectivity index (χ3n) is 2.90. The van der Waals surface area contributed by atoms with Crippen molar-refractivity contribution in [1.82, 2.24) is 9.62 Å². The van der Waals surface area contributed by atoms with E-state index in [1.54, 1.807) is 24.0 Å². The molecule has 0 heterocycles. The highest BCUT2D eigenvalue weighted by Crippen LogP contribution is 2.15. The molecule has 0 aliphatic carbocycles. The summed E-state index contributed by atoms with van der Waals surface area (Å²) in [6, 6.07) is 5.47. The Kier molecular flexibility index (Phi) is 6.16. The molecular weight excluding hydrogens is 344 g/mol. The maximum absolute atomic E-state index is 12.2. The van der Waals surface area contributed by atoms with Crippen molar-refractivity contribution in [3.05, 3.63) is 28.7 Å². The first-order valence-corrected chi connectivity index (χ1v) is 8.66. The molecular formula is C13H19BrN2O3S. The Balaban J connectivity index is 2.85. The van der Waals surface area contributed by atoms with Gasteiger partial charge in [0.05, 0.1) is 10.9 Å². The molecule has 1 amide bonds. The van der Waals surface area contributed by atoms with Gasteiger partial charge in [0.25, 0.3) is 0 Å². The Morgan fingerprint density at radius 2 is 1.75 bits per heavy atom. The van der Waals surface area contributed by atoms with Gasteiger partial charge in [-0.15, -0.1) is 0 Å². The summed E-state index contributed by atoms with van der Waals surface area (Å²) >= 11 is 3.25. The molecule has 7 heteroatoms.